The van der Waals surface area contributed by atoms with Gasteiger partial charge >= 0.3 is 0 Å². The van der Waals surface area contributed by atoms with E-state index < -0.39 is 0 Å². The maximum atomic E-state index is 5.51. The number of hydrogen-bond donors (Lipinski definition) is 2. The van der Waals surface area contributed by atoms with Gasteiger partial charge in [-0.1, -0.05) is 6.58 Å². The van der Waals surface area contributed by atoms with Crippen LogP contribution in [0.2, 0.25) is 0 Å². The van der Waals surface area contributed by atoms with Crippen LogP contribution in [0.1, 0.15) is 5.56 Å². The summed E-state index contributed by atoms with van der Waals surface area (Å²) in [6, 6.07) is 9.67. The van der Waals surface area contributed by atoms with Crippen LogP contribution in [0.25, 0.3) is 0 Å². The molecule has 2 aliphatic rings. The highest BCUT2D eigenvalue weighted by molar-refractivity contribution is 9.10. The zero-order chi connectivity index (χ0) is 15.1. The number of fused-ring (bicyclic) bond motifs is 2. The number of hydrogen-bond acceptors (Lipinski definition) is 5. The minimum absolute atomic E-state index is 0.239. The van der Waals surface area contributed by atoms with Gasteiger partial charge < -0.3 is 20.1 Å². The van der Waals surface area contributed by atoms with Gasteiger partial charge in [-0.3, -0.25) is 4.99 Å². The number of rotatable bonds is 2. The SMILES string of the molecule is C=C1Nc2ccc(N=Cc3c(Br)ccc4c3OCO4)cc2N1. The van der Waals surface area contributed by atoms with Crippen molar-refractivity contribution in [1.82, 2.24) is 0 Å². The molecule has 4 rings (SSSR count). The molecule has 2 aromatic carbocycles. The van der Waals surface area contributed by atoms with E-state index in [0.717, 1.165) is 38.7 Å². The van der Waals surface area contributed by atoms with Gasteiger partial charge in [-0.25, -0.2) is 0 Å². The number of anilines is 2. The van der Waals surface area contributed by atoms with Crippen molar-refractivity contribution >= 4 is 39.2 Å². The first-order valence-electron chi connectivity index (χ1n) is 6.70. The lowest BCUT2D eigenvalue weighted by Crippen LogP contribution is -1.94. The molecule has 0 radical (unpaired) electrons. The minimum atomic E-state index is 0.239. The zero-order valence-corrected chi connectivity index (χ0v) is 13.1. The summed E-state index contributed by atoms with van der Waals surface area (Å²) in [5.74, 6) is 2.22. The lowest BCUT2D eigenvalue weighted by molar-refractivity contribution is 0.174. The molecule has 2 heterocycles. The van der Waals surface area contributed by atoms with E-state index in [4.69, 9.17) is 9.47 Å². The smallest absolute Gasteiger partial charge is 0.231 e. The van der Waals surface area contributed by atoms with Gasteiger partial charge in [0.25, 0.3) is 0 Å². The number of halogens is 1. The molecule has 0 atom stereocenters. The standard InChI is InChI=1S/C16H12BrN3O2/c1-9-19-13-4-2-10(6-14(13)20-9)18-7-11-12(17)3-5-15-16(11)22-8-21-15/h2-7,19-20H,1,8H2. The molecule has 0 aliphatic carbocycles. The summed E-state index contributed by atoms with van der Waals surface area (Å²) < 4.78 is 11.8. The Morgan fingerprint density at radius 2 is 2.00 bits per heavy atom. The van der Waals surface area contributed by atoms with Crippen molar-refractivity contribution in [2.24, 2.45) is 4.99 Å². The highest BCUT2D eigenvalue weighted by Gasteiger charge is 2.19. The topological polar surface area (TPSA) is 54.9 Å². The fourth-order valence-electron chi connectivity index (χ4n) is 2.41. The Labute approximate surface area is 135 Å². The van der Waals surface area contributed by atoms with Gasteiger partial charge in [-0.15, -0.1) is 0 Å². The second-order valence-corrected chi connectivity index (χ2v) is 5.77. The second kappa shape index (κ2) is 5.06. The molecular weight excluding hydrogens is 346 g/mol. The van der Waals surface area contributed by atoms with Gasteiger partial charge in [0.2, 0.25) is 6.79 Å². The molecule has 0 saturated heterocycles. The molecule has 0 fully saturated rings. The van der Waals surface area contributed by atoms with Gasteiger partial charge in [-0.2, -0.15) is 0 Å². The first kappa shape index (κ1) is 13.2. The van der Waals surface area contributed by atoms with Crippen LogP contribution >= 0.6 is 15.9 Å². The number of nitrogens with zero attached hydrogens (tertiary/aromatic N) is 1. The Morgan fingerprint density at radius 3 is 2.91 bits per heavy atom. The summed E-state index contributed by atoms with van der Waals surface area (Å²) in [6.45, 7) is 4.09. The molecule has 0 aromatic heterocycles. The maximum Gasteiger partial charge on any atom is 0.231 e. The zero-order valence-electron chi connectivity index (χ0n) is 11.5. The first-order chi connectivity index (χ1) is 10.7. The van der Waals surface area contributed by atoms with Gasteiger partial charge in [0.15, 0.2) is 11.5 Å². The van der Waals surface area contributed by atoms with E-state index in [2.05, 4.69) is 38.1 Å². The summed E-state index contributed by atoms with van der Waals surface area (Å²) >= 11 is 3.52. The van der Waals surface area contributed by atoms with Crippen LogP contribution in [-0.4, -0.2) is 13.0 Å². The molecule has 2 aromatic rings. The lowest BCUT2D eigenvalue weighted by atomic mass is 10.2. The van der Waals surface area contributed by atoms with Crippen molar-refractivity contribution in [3.8, 4) is 11.5 Å². The number of nitrogens with one attached hydrogen (secondary N) is 2. The molecular formula is C16H12BrN3O2. The van der Waals surface area contributed by atoms with Crippen molar-refractivity contribution in [2.45, 2.75) is 0 Å². The largest absolute Gasteiger partial charge is 0.454 e. The van der Waals surface area contributed by atoms with Crippen LogP contribution in [0, 0.1) is 0 Å². The van der Waals surface area contributed by atoms with Gasteiger partial charge in [0, 0.05) is 10.7 Å². The summed E-state index contributed by atoms with van der Waals surface area (Å²) in [7, 11) is 0. The molecule has 0 saturated carbocycles. The Morgan fingerprint density at radius 1 is 1.14 bits per heavy atom. The van der Waals surface area contributed by atoms with E-state index in [-0.39, 0.29) is 6.79 Å². The van der Waals surface area contributed by atoms with Crippen molar-refractivity contribution in [1.29, 1.82) is 0 Å². The predicted molar refractivity (Wildman–Crippen MR) is 90.3 cm³/mol. The van der Waals surface area contributed by atoms with Crippen molar-refractivity contribution < 1.29 is 9.47 Å². The van der Waals surface area contributed by atoms with E-state index in [1.807, 2.05) is 30.3 Å². The number of ether oxygens (including phenoxy) is 2. The average Bonchev–Trinajstić information content (AvgIpc) is 3.10. The first-order valence-corrected chi connectivity index (χ1v) is 7.49. The molecule has 0 unspecified atom stereocenters. The van der Waals surface area contributed by atoms with Crippen LogP contribution in [0.3, 0.4) is 0 Å². The maximum absolute atomic E-state index is 5.51. The fourth-order valence-corrected chi connectivity index (χ4v) is 2.83. The van der Waals surface area contributed by atoms with Crippen LogP contribution in [0.15, 0.2) is 52.2 Å². The Bertz CT molecular complexity index is 817. The molecule has 110 valence electrons. The molecule has 0 amide bonds. The molecule has 2 N–H and O–H groups in total. The van der Waals surface area contributed by atoms with E-state index in [1.165, 1.54) is 0 Å². The Balaban J connectivity index is 1.67. The van der Waals surface area contributed by atoms with Crippen LogP contribution in [0.5, 0.6) is 11.5 Å². The highest BCUT2D eigenvalue weighted by Crippen LogP contribution is 2.39. The monoisotopic (exact) mass is 357 g/mol. The van der Waals surface area contributed by atoms with E-state index >= 15 is 0 Å². The number of aliphatic imine (C=N–C) groups is 1. The van der Waals surface area contributed by atoms with Gasteiger partial charge in [0.1, 0.15) is 5.82 Å². The van der Waals surface area contributed by atoms with E-state index in [0.29, 0.717) is 5.75 Å². The molecule has 2 aliphatic heterocycles. The van der Waals surface area contributed by atoms with E-state index in [9.17, 15) is 0 Å². The van der Waals surface area contributed by atoms with Crippen molar-refractivity contribution in [3.63, 3.8) is 0 Å². The summed E-state index contributed by atoms with van der Waals surface area (Å²) in [5, 5.41) is 6.30. The third-order valence-corrected chi connectivity index (χ3v) is 4.13. The molecule has 0 spiro atoms. The van der Waals surface area contributed by atoms with Crippen LogP contribution in [0.4, 0.5) is 17.1 Å². The summed E-state index contributed by atoms with van der Waals surface area (Å²) in [5.41, 5.74) is 3.68. The third-order valence-electron chi connectivity index (χ3n) is 3.44. The molecule has 6 heteroatoms. The van der Waals surface area contributed by atoms with E-state index in [1.54, 1.807) is 6.21 Å². The third kappa shape index (κ3) is 2.21. The Kier molecular flexibility index (Phi) is 3.04. The fraction of sp³-hybridized carbons (Fsp3) is 0.0625. The average molecular weight is 358 g/mol. The minimum Gasteiger partial charge on any atom is -0.454 e. The molecule has 0 bridgehead atoms. The van der Waals surface area contributed by atoms with Crippen molar-refractivity contribution in [3.05, 3.63) is 52.8 Å². The predicted octanol–water partition coefficient (Wildman–Crippen LogP) is 4.24. The van der Waals surface area contributed by atoms with Crippen LogP contribution in [-0.2, 0) is 0 Å². The summed E-state index contributed by atoms with van der Waals surface area (Å²) in [6.07, 6.45) is 1.77. The van der Waals surface area contributed by atoms with Crippen LogP contribution < -0.4 is 20.1 Å². The quantitative estimate of drug-likeness (QED) is 0.789. The Hall–Kier alpha value is -2.47. The van der Waals surface area contributed by atoms with Gasteiger partial charge in [0.05, 0.1) is 22.6 Å². The van der Waals surface area contributed by atoms with Crippen molar-refractivity contribution in [2.75, 3.05) is 17.4 Å². The molecule has 5 nitrogen and oxygen atoms in total. The second-order valence-electron chi connectivity index (χ2n) is 4.91. The highest BCUT2D eigenvalue weighted by atomic mass is 79.9. The summed E-state index contributed by atoms with van der Waals surface area (Å²) in [4.78, 5) is 4.53. The van der Waals surface area contributed by atoms with Gasteiger partial charge in [-0.05, 0) is 46.3 Å². The number of benzene rings is 2. The molecule has 22 heavy (non-hydrogen) atoms. The lowest BCUT2D eigenvalue weighted by Gasteiger charge is -2.04. The normalized spacial score (nSPS) is 14.9.